The van der Waals surface area contributed by atoms with E-state index < -0.39 is 6.10 Å². The number of ether oxygens (including phenoxy) is 2. The first-order chi connectivity index (χ1) is 14.1. The normalized spacial score (nSPS) is 22.3. The number of aliphatic hydroxyl groups excluding tert-OH is 1. The Hall–Kier alpha value is -2.86. The minimum Gasteiger partial charge on any atom is -0.491 e. The lowest BCUT2D eigenvalue weighted by Gasteiger charge is -2.19. The summed E-state index contributed by atoms with van der Waals surface area (Å²) in [6, 6.07) is 16.6. The number of fused-ring (bicyclic) bond motifs is 1. The van der Waals surface area contributed by atoms with Gasteiger partial charge < -0.3 is 14.6 Å². The number of likely N-dealkylation sites (tertiary alicyclic amines) is 1. The molecule has 2 fully saturated rings. The van der Waals surface area contributed by atoms with Gasteiger partial charge in [-0.25, -0.2) is 0 Å². The number of hydrogen-bond donors (Lipinski definition) is 1. The molecule has 1 saturated carbocycles. The van der Waals surface area contributed by atoms with Crippen LogP contribution in [0.25, 0.3) is 0 Å². The number of amides is 2. The zero-order valence-electron chi connectivity index (χ0n) is 16.2. The molecule has 2 aromatic rings. The van der Waals surface area contributed by atoms with Crippen LogP contribution >= 0.6 is 0 Å². The summed E-state index contributed by atoms with van der Waals surface area (Å²) in [4.78, 5) is 26.2. The minimum absolute atomic E-state index is 0.00524. The molecular weight excluding hydrogens is 370 g/mol. The number of hydrogen-bond acceptors (Lipinski definition) is 5. The van der Waals surface area contributed by atoms with Gasteiger partial charge in [0.2, 0.25) is 11.8 Å². The number of benzene rings is 2. The Bertz CT molecular complexity index is 827. The third-order valence-corrected chi connectivity index (χ3v) is 5.57. The van der Waals surface area contributed by atoms with Crippen molar-refractivity contribution in [3.63, 3.8) is 0 Å². The van der Waals surface area contributed by atoms with Gasteiger partial charge in [0.1, 0.15) is 30.0 Å². The Labute approximate surface area is 170 Å². The van der Waals surface area contributed by atoms with Crippen LogP contribution < -0.4 is 9.47 Å². The van der Waals surface area contributed by atoms with Crippen LogP contribution in [0.2, 0.25) is 0 Å². The van der Waals surface area contributed by atoms with Crippen LogP contribution in [-0.2, 0) is 9.59 Å². The molecule has 3 atom stereocenters. The molecule has 4 rings (SSSR count). The van der Waals surface area contributed by atoms with Crippen molar-refractivity contribution in [1.29, 1.82) is 0 Å². The smallest absolute Gasteiger partial charge is 0.233 e. The summed E-state index contributed by atoms with van der Waals surface area (Å²) in [5.74, 6) is 1.35. The third-order valence-electron chi connectivity index (χ3n) is 5.57. The molecule has 152 valence electrons. The third kappa shape index (κ3) is 4.43. The molecule has 1 aliphatic carbocycles. The number of carbonyl (C=O) groups excluding carboxylic acids is 2. The second-order valence-corrected chi connectivity index (χ2v) is 7.64. The maximum Gasteiger partial charge on any atom is 0.233 e. The van der Waals surface area contributed by atoms with E-state index in [0.29, 0.717) is 11.5 Å². The summed E-state index contributed by atoms with van der Waals surface area (Å²) >= 11 is 0. The minimum atomic E-state index is -0.928. The van der Waals surface area contributed by atoms with Crippen molar-refractivity contribution in [2.45, 2.75) is 31.8 Å². The van der Waals surface area contributed by atoms with Gasteiger partial charge in [-0.3, -0.25) is 14.5 Å². The van der Waals surface area contributed by atoms with E-state index in [1.54, 1.807) is 24.3 Å². The summed E-state index contributed by atoms with van der Waals surface area (Å²) in [7, 11) is 0. The molecule has 0 bridgehead atoms. The zero-order valence-corrected chi connectivity index (χ0v) is 16.2. The summed E-state index contributed by atoms with van der Waals surface area (Å²) in [5.41, 5.74) is 0. The quantitative estimate of drug-likeness (QED) is 0.728. The van der Waals surface area contributed by atoms with Gasteiger partial charge in [0.25, 0.3) is 0 Å². The van der Waals surface area contributed by atoms with Crippen molar-refractivity contribution in [2.24, 2.45) is 11.8 Å². The highest BCUT2D eigenvalue weighted by Crippen LogP contribution is 2.38. The van der Waals surface area contributed by atoms with Crippen LogP contribution in [0.15, 0.2) is 54.6 Å². The number of carbonyl (C=O) groups is 2. The monoisotopic (exact) mass is 395 g/mol. The number of imide groups is 1. The summed E-state index contributed by atoms with van der Waals surface area (Å²) in [6.45, 7) is -0.00878. The topological polar surface area (TPSA) is 76.1 Å². The van der Waals surface area contributed by atoms with Crippen molar-refractivity contribution < 1.29 is 24.2 Å². The number of para-hydroxylation sites is 1. The van der Waals surface area contributed by atoms with E-state index in [2.05, 4.69) is 0 Å². The van der Waals surface area contributed by atoms with Crippen LogP contribution in [0.5, 0.6) is 17.2 Å². The Morgan fingerprint density at radius 2 is 1.41 bits per heavy atom. The molecule has 2 aliphatic rings. The fourth-order valence-electron chi connectivity index (χ4n) is 4.10. The molecular formula is C23H25NO5. The molecule has 29 heavy (non-hydrogen) atoms. The van der Waals surface area contributed by atoms with Crippen molar-refractivity contribution in [1.82, 2.24) is 4.90 Å². The number of β-amino-alcohol motifs (C(OH)–C–C–N with tert-alkyl or cyclic N) is 1. The van der Waals surface area contributed by atoms with Gasteiger partial charge in [0, 0.05) is 0 Å². The van der Waals surface area contributed by atoms with E-state index in [1.807, 2.05) is 30.3 Å². The van der Waals surface area contributed by atoms with Crippen LogP contribution in [0.4, 0.5) is 0 Å². The Morgan fingerprint density at radius 1 is 0.862 bits per heavy atom. The molecule has 1 saturated heterocycles. The fourth-order valence-corrected chi connectivity index (χ4v) is 4.10. The molecule has 0 spiro atoms. The van der Waals surface area contributed by atoms with E-state index in [4.69, 9.17) is 9.47 Å². The Morgan fingerprint density at radius 3 is 2.03 bits per heavy atom. The first kappa shape index (κ1) is 19.5. The van der Waals surface area contributed by atoms with Crippen molar-refractivity contribution in [3.8, 4) is 17.2 Å². The number of nitrogens with zero attached hydrogens (tertiary/aromatic N) is 1. The summed E-state index contributed by atoms with van der Waals surface area (Å²) in [5, 5.41) is 10.3. The largest absolute Gasteiger partial charge is 0.491 e. The van der Waals surface area contributed by atoms with E-state index in [9.17, 15) is 14.7 Å². The van der Waals surface area contributed by atoms with Gasteiger partial charge >= 0.3 is 0 Å². The lowest BCUT2D eigenvalue weighted by molar-refractivity contribution is -0.141. The van der Waals surface area contributed by atoms with Crippen molar-refractivity contribution >= 4 is 11.8 Å². The van der Waals surface area contributed by atoms with E-state index in [-0.39, 0.29) is 36.8 Å². The van der Waals surface area contributed by atoms with Gasteiger partial charge in [-0.15, -0.1) is 0 Å². The van der Waals surface area contributed by atoms with E-state index >= 15 is 0 Å². The molecule has 0 unspecified atom stereocenters. The Kier molecular flexibility index (Phi) is 5.81. The predicted octanol–water partition coefficient (Wildman–Crippen LogP) is 3.39. The van der Waals surface area contributed by atoms with Gasteiger partial charge in [-0.2, -0.15) is 0 Å². The molecule has 1 N–H and O–H groups in total. The first-order valence-corrected chi connectivity index (χ1v) is 10.1. The second kappa shape index (κ2) is 8.66. The fraction of sp³-hybridized carbons (Fsp3) is 0.391. The summed E-state index contributed by atoms with van der Waals surface area (Å²) < 4.78 is 11.3. The second-order valence-electron chi connectivity index (χ2n) is 7.64. The van der Waals surface area contributed by atoms with E-state index in [1.165, 1.54) is 4.90 Å². The molecule has 6 nitrogen and oxygen atoms in total. The lowest BCUT2D eigenvalue weighted by Crippen LogP contribution is -2.40. The highest BCUT2D eigenvalue weighted by atomic mass is 16.5. The highest BCUT2D eigenvalue weighted by molar-refractivity contribution is 6.05. The molecule has 1 heterocycles. The standard InChI is InChI=1S/C23H25NO5/c25-16(14-24-22(26)20-8-4-5-9-21(20)23(24)27)15-28-17-10-12-19(13-11-17)29-18-6-2-1-3-7-18/h1-3,6-7,10-13,16,20-21,25H,4-5,8-9,14-15H2/t16-,20-,21+/m1/s1. The maximum absolute atomic E-state index is 12.5. The van der Waals surface area contributed by atoms with Gasteiger partial charge in [-0.1, -0.05) is 31.0 Å². The van der Waals surface area contributed by atoms with Gasteiger partial charge in [0.15, 0.2) is 0 Å². The highest BCUT2D eigenvalue weighted by Gasteiger charge is 2.48. The Balaban J connectivity index is 1.28. The van der Waals surface area contributed by atoms with Crippen LogP contribution in [0, 0.1) is 11.8 Å². The van der Waals surface area contributed by atoms with Crippen molar-refractivity contribution in [3.05, 3.63) is 54.6 Å². The van der Waals surface area contributed by atoms with Crippen LogP contribution in [-0.4, -0.2) is 41.1 Å². The molecule has 2 aromatic carbocycles. The van der Waals surface area contributed by atoms with E-state index in [0.717, 1.165) is 31.4 Å². The first-order valence-electron chi connectivity index (χ1n) is 10.1. The molecule has 2 amide bonds. The predicted molar refractivity (Wildman–Crippen MR) is 107 cm³/mol. The average Bonchev–Trinajstić information content (AvgIpc) is 2.99. The van der Waals surface area contributed by atoms with Crippen LogP contribution in [0.1, 0.15) is 25.7 Å². The molecule has 0 radical (unpaired) electrons. The van der Waals surface area contributed by atoms with Crippen LogP contribution in [0.3, 0.4) is 0 Å². The SMILES string of the molecule is O=C1[C@H]2CCCC[C@H]2C(=O)N1C[C@@H](O)COc1ccc(Oc2ccccc2)cc1. The van der Waals surface area contributed by atoms with Crippen molar-refractivity contribution in [2.75, 3.05) is 13.2 Å². The number of aliphatic hydroxyl groups is 1. The van der Waals surface area contributed by atoms with Gasteiger partial charge in [-0.05, 0) is 49.2 Å². The maximum atomic E-state index is 12.5. The number of rotatable bonds is 7. The van der Waals surface area contributed by atoms with Gasteiger partial charge in [0.05, 0.1) is 18.4 Å². The summed E-state index contributed by atoms with van der Waals surface area (Å²) in [6.07, 6.45) is 2.60. The zero-order chi connectivity index (χ0) is 20.2. The molecule has 0 aromatic heterocycles. The lowest BCUT2D eigenvalue weighted by atomic mass is 9.81. The average molecular weight is 395 g/mol. The molecule has 6 heteroatoms. The molecule has 1 aliphatic heterocycles.